The third-order valence-corrected chi connectivity index (χ3v) is 2.17. The average Bonchev–Trinajstić information content (AvgIpc) is 2.78. The number of rotatable bonds is 3. The van der Waals surface area contributed by atoms with Gasteiger partial charge >= 0.3 is 5.97 Å². The lowest BCUT2D eigenvalue weighted by molar-refractivity contribution is -0.140. The Labute approximate surface area is 92.8 Å². The van der Waals surface area contributed by atoms with E-state index in [0.29, 0.717) is 5.76 Å². The summed E-state index contributed by atoms with van der Waals surface area (Å²) >= 11 is 0. The molecule has 0 aliphatic heterocycles. The summed E-state index contributed by atoms with van der Waals surface area (Å²) in [6.07, 6.45) is 0.107. The topological polar surface area (TPSA) is 52.3 Å². The molecule has 0 saturated heterocycles. The summed E-state index contributed by atoms with van der Waals surface area (Å²) in [6.45, 7) is 0. The van der Waals surface area contributed by atoms with E-state index in [-0.39, 0.29) is 12.4 Å². The van der Waals surface area contributed by atoms with E-state index >= 15 is 0 Å². The van der Waals surface area contributed by atoms with Crippen molar-refractivity contribution in [3.63, 3.8) is 0 Å². The summed E-state index contributed by atoms with van der Waals surface area (Å²) in [7, 11) is 1.34. The molecule has 0 spiro atoms. The molecule has 0 bridgehead atoms. The van der Waals surface area contributed by atoms with Crippen LogP contribution < -0.4 is 0 Å². The van der Waals surface area contributed by atoms with Crippen LogP contribution >= 0.6 is 0 Å². The molecule has 0 radical (unpaired) electrons. The summed E-state index contributed by atoms with van der Waals surface area (Å²) in [6, 6.07) is 11.4. The highest BCUT2D eigenvalue weighted by atomic mass is 16.5. The number of ether oxygens (including phenoxy) is 1. The van der Waals surface area contributed by atoms with Crippen LogP contribution in [0.25, 0.3) is 11.3 Å². The fourth-order valence-electron chi connectivity index (χ4n) is 1.36. The molecule has 0 unspecified atom stereocenters. The van der Waals surface area contributed by atoms with Crippen LogP contribution in [0.15, 0.2) is 40.9 Å². The van der Waals surface area contributed by atoms with Crippen molar-refractivity contribution in [1.82, 2.24) is 5.16 Å². The minimum Gasteiger partial charge on any atom is -0.469 e. The summed E-state index contributed by atoms with van der Waals surface area (Å²) < 4.78 is 9.58. The van der Waals surface area contributed by atoms with E-state index in [0.717, 1.165) is 11.3 Å². The Balaban J connectivity index is 2.17. The van der Waals surface area contributed by atoms with Crippen molar-refractivity contribution in [1.29, 1.82) is 0 Å². The van der Waals surface area contributed by atoms with Crippen molar-refractivity contribution in [2.45, 2.75) is 6.42 Å². The maximum atomic E-state index is 11.0. The monoisotopic (exact) mass is 217 g/mol. The predicted molar refractivity (Wildman–Crippen MR) is 57.7 cm³/mol. The van der Waals surface area contributed by atoms with Crippen molar-refractivity contribution < 1.29 is 14.1 Å². The zero-order valence-corrected chi connectivity index (χ0v) is 8.84. The van der Waals surface area contributed by atoms with Gasteiger partial charge in [0, 0.05) is 11.6 Å². The molecule has 4 nitrogen and oxygen atoms in total. The van der Waals surface area contributed by atoms with E-state index in [1.54, 1.807) is 6.07 Å². The molecular weight excluding hydrogens is 206 g/mol. The molecule has 0 fully saturated rings. The van der Waals surface area contributed by atoms with Crippen LogP contribution in [0.5, 0.6) is 0 Å². The summed E-state index contributed by atoms with van der Waals surface area (Å²) in [5, 5.41) is 3.89. The zero-order valence-electron chi connectivity index (χ0n) is 8.84. The molecule has 2 rings (SSSR count). The second-order valence-corrected chi connectivity index (χ2v) is 3.30. The number of esters is 1. The SMILES string of the molecule is COC(=O)Cc1cc(-c2ccccc2)no1. The fraction of sp³-hybridized carbons (Fsp3) is 0.167. The van der Waals surface area contributed by atoms with Crippen LogP contribution in [0.2, 0.25) is 0 Å². The molecule has 2 aromatic rings. The normalized spacial score (nSPS) is 10.1. The van der Waals surface area contributed by atoms with Crippen LogP contribution in [-0.2, 0) is 16.0 Å². The van der Waals surface area contributed by atoms with Crippen molar-refractivity contribution >= 4 is 5.97 Å². The summed E-state index contributed by atoms with van der Waals surface area (Å²) in [5.41, 5.74) is 1.68. The fourth-order valence-corrected chi connectivity index (χ4v) is 1.36. The van der Waals surface area contributed by atoms with Crippen LogP contribution in [-0.4, -0.2) is 18.2 Å². The van der Waals surface area contributed by atoms with Crippen molar-refractivity contribution in [2.24, 2.45) is 0 Å². The molecule has 0 amide bonds. The van der Waals surface area contributed by atoms with E-state index < -0.39 is 0 Å². The molecule has 0 aliphatic carbocycles. The van der Waals surface area contributed by atoms with Gasteiger partial charge in [-0.3, -0.25) is 4.79 Å². The van der Waals surface area contributed by atoms with Gasteiger partial charge in [-0.25, -0.2) is 0 Å². The number of benzene rings is 1. The molecule has 0 N–H and O–H groups in total. The number of nitrogens with zero attached hydrogens (tertiary/aromatic N) is 1. The van der Waals surface area contributed by atoms with Crippen molar-refractivity contribution in [3.05, 3.63) is 42.2 Å². The third-order valence-electron chi connectivity index (χ3n) is 2.17. The largest absolute Gasteiger partial charge is 0.469 e. The maximum absolute atomic E-state index is 11.0. The van der Waals surface area contributed by atoms with Gasteiger partial charge in [0.1, 0.15) is 17.9 Å². The van der Waals surface area contributed by atoms with Gasteiger partial charge < -0.3 is 9.26 Å². The molecule has 82 valence electrons. The van der Waals surface area contributed by atoms with Crippen LogP contribution in [0, 0.1) is 0 Å². The van der Waals surface area contributed by atoms with E-state index in [1.807, 2.05) is 30.3 Å². The number of carbonyl (C=O) groups is 1. The van der Waals surface area contributed by atoms with Crippen molar-refractivity contribution in [3.8, 4) is 11.3 Å². The van der Waals surface area contributed by atoms with E-state index in [1.165, 1.54) is 7.11 Å². The highest BCUT2D eigenvalue weighted by Crippen LogP contribution is 2.18. The maximum Gasteiger partial charge on any atom is 0.313 e. The zero-order chi connectivity index (χ0) is 11.4. The second-order valence-electron chi connectivity index (χ2n) is 3.30. The Bertz CT molecular complexity index is 476. The molecule has 0 atom stereocenters. The molecule has 16 heavy (non-hydrogen) atoms. The number of aromatic nitrogens is 1. The molecule has 1 aromatic carbocycles. The lowest BCUT2D eigenvalue weighted by Gasteiger charge is -1.92. The Morgan fingerprint density at radius 1 is 1.38 bits per heavy atom. The van der Waals surface area contributed by atoms with Crippen molar-refractivity contribution in [2.75, 3.05) is 7.11 Å². The molecule has 0 saturated carbocycles. The number of hydrogen-bond donors (Lipinski definition) is 0. The molecule has 1 aromatic heterocycles. The Morgan fingerprint density at radius 2 is 2.12 bits per heavy atom. The first-order chi connectivity index (χ1) is 7.79. The van der Waals surface area contributed by atoms with Gasteiger partial charge in [0.15, 0.2) is 0 Å². The number of methoxy groups -OCH3 is 1. The minimum absolute atomic E-state index is 0.107. The van der Waals surface area contributed by atoms with Gasteiger partial charge in [-0.1, -0.05) is 35.5 Å². The van der Waals surface area contributed by atoms with E-state index in [9.17, 15) is 4.79 Å². The smallest absolute Gasteiger partial charge is 0.313 e. The summed E-state index contributed by atoms with van der Waals surface area (Å²) in [4.78, 5) is 11.0. The molecule has 4 heteroatoms. The number of hydrogen-bond acceptors (Lipinski definition) is 4. The molecule has 0 aliphatic rings. The lowest BCUT2D eigenvalue weighted by atomic mass is 10.1. The first-order valence-corrected chi connectivity index (χ1v) is 4.87. The predicted octanol–water partition coefficient (Wildman–Crippen LogP) is 2.06. The highest BCUT2D eigenvalue weighted by molar-refractivity contribution is 5.72. The first kappa shape index (κ1) is 10.4. The van der Waals surface area contributed by atoms with E-state index in [4.69, 9.17) is 4.52 Å². The van der Waals surface area contributed by atoms with Gasteiger partial charge in [-0.05, 0) is 0 Å². The Hall–Kier alpha value is -2.10. The Morgan fingerprint density at radius 3 is 2.81 bits per heavy atom. The Kier molecular flexibility index (Phi) is 3.00. The molecular formula is C12H11NO3. The van der Waals surface area contributed by atoms with Crippen LogP contribution in [0.4, 0.5) is 0 Å². The van der Waals surface area contributed by atoms with Gasteiger partial charge in [0.05, 0.1) is 7.11 Å². The average molecular weight is 217 g/mol. The van der Waals surface area contributed by atoms with Crippen LogP contribution in [0.3, 0.4) is 0 Å². The van der Waals surface area contributed by atoms with Gasteiger partial charge in [-0.2, -0.15) is 0 Å². The number of carbonyl (C=O) groups excluding carboxylic acids is 1. The van der Waals surface area contributed by atoms with Gasteiger partial charge in [0.2, 0.25) is 0 Å². The molecule has 1 heterocycles. The quantitative estimate of drug-likeness (QED) is 0.738. The third kappa shape index (κ3) is 2.28. The second kappa shape index (κ2) is 4.61. The van der Waals surface area contributed by atoms with E-state index in [2.05, 4.69) is 9.89 Å². The minimum atomic E-state index is -0.337. The standard InChI is InChI=1S/C12H11NO3/c1-15-12(14)8-10-7-11(13-16-10)9-5-3-2-4-6-9/h2-7H,8H2,1H3. The van der Waals surface area contributed by atoms with Crippen LogP contribution in [0.1, 0.15) is 5.76 Å². The van der Waals surface area contributed by atoms with Gasteiger partial charge in [0.25, 0.3) is 0 Å². The summed E-state index contributed by atoms with van der Waals surface area (Å²) in [5.74, 6) is 0.168. The van der Waals surface area contributed by atoms with Gasteiger partial charge in [-0.15, -0.1) is 0 Å². The lowest BCUT2D eigenvalue weighted by Crippen LogP contribution is -2.03. The first-order valence-electron chi connectivity index (χ1n) is 4.87. The highest BCUT2D eigenvalue weighted by Gasteiger charge is 2.10.